The SMILES string of the molecule is Nc1c(-c2cccc(F)c2)nc2ccc(Cl)cn12. The van der Waals surface area contributed by atoms with E-state index in [0.717, 1.165) is 0 Å². The molecule has 0 bridgehead atoms. The van der Waals surface area contributed by atoms with Crippen LogP contribution in [0.1, 0.15) is 0 Å². The molecule has 0 fully saturated rings. The number of rotatable bonds is 1. The minimum atomic E-state index is -0.318. The van der Waals surface area contributed by atoms with Crippen molar-refractivity contribution in [3.05, 3.63) is 53.4 Å². The number of benzene rings is 1. The number of fused-ring (bicyclic) bond motifs is 1. The fourth-order valence-corrected chi connectivity index (χ4v) is 2.05. The van der Waals surface area contributed by atoms with E-state index in [1.54, 1.807) is 34.9 Å². The summed E-state index contributed by atoms with van der Waals surface area (Å²) in [6.45, 7) is 0. The Balaban J connectivity index is 2.27. The molecule has 0 aliphatic carbocycles. The zero-order chi connectivity index (χ0) is 12.7. The number of hydrogen-bond acceptors (Lipinski definition) is 2. The van der Waals surface area contributed by atoms with Crippen molar-refractivity contribution >= 4 is 23.1 Å². The summed E-state index contributed by atoms with van der Waals surface area (Å²) in [6, 6.07) is 9.68. The molecule has 0 aliphatic heterocycles. The molecule has 0 saturated heterocycles. The van der Waals surface area contributed by atoms with Crippen molar-refractivity contribution in [2.75, 3.05) is 5.73 Å². The Kier molecular flexibility index (Phi) is 2.45. The van der Waals surface area contributed by atoms with Crippen LogP contribution in [0.3, 0.4) is 0 Å². The summed E-state index contributed by atoms with van der Waals surface area (Å²) < 4.78 is 14.9. The van der Waals surface area contributed by atoms with E-state index in [0.29, 0.717) is 27.7 Å². The van der Waals surface area contributed by atoms with Gasteiger partial charge in [-0.25, -0.2) is 9.37 Å². The first-order chi connectivity index (χ1) is 8.65. The van der Waals surface area contributed by atoms with E-state index >= 15 is 0 Å². The number of nitrogens with zero attached hydrogens (tertiary/aromatic N) is 2. The molecule has 0 radical (unpaired) electrons. The molecule has 3 nitrogen and oxygen atoms in total. The minimum absolute atomic E-state index is 0.318. The van der Waals surface area contributed by atoms with Gasteiger partial charge in [-0.2, -0.15) is 0 Å². The van der Waals surface area contributed by atoms with Gasteiger partial charge in [-0.1, -0.05) is 23.7 Å². The molecule has 18 heavy (non-hydrogen) atoms. The lowest BCUT2D eigenvalue weighted by Gasteiger charge is -1.99. The van der Waals surface area contributed by atoms with Crippen LogP contribution < -0.4 is 5.73 Å². The zero-order valence-electron chi connectivity index (χ0n) is 9.27. The van der Waals surface area contributed by atoms with Crippen LogP contribution in [-0.4, -0.2) is 9.38 Å². The lowest BCUT2D eigenvalue weighted by molar-refractivity contribution is 0.628. The Labute approximate surface area is 108 Å². The molecule has 0 aliphatic rings. The smallest absolute Gasteiger partial charge is 0.139 e. The number of anilines is 1. The predicted molar refractivity (Wildman–Crippen MR) is 70.0 cm³/mol. The molecule has 2 heterocycles. The average Bonchev–Trinajstić information content (AvgIpc) is 2.67. The van der Waals surface area contributed by atoms with Crippen molar-refractivity contribution in [1.82, 2.24) is 9.38 Å². The molecule has 90 valence electrons. The Morgan fingerprint density at radius 2 is 2.06 bits per heavy atom. The standard InChI is InChI=1S/C13H9ClFN3/c14-9-4-5-11-17-12(13(16)18(11)7-9)8-2-1-3-10(15)6-8/h1-7H,16H2. The van der Waals surface area contributed by atoms with Gasteiger partial charge in [0.2, 0.25) is 0 Å². The maximum Gasteiger partial charge on any atom is 0.139 e. The molecule has 0 amide bonds. The van der Waals surface area contributed by atoms with E-state index in [-0.39, 0.29) is 5.82 Å². The monoisotopic (exact) mass is 261 g/mol. The molecule has 0 saturated carbocycles. The van der Waals surface area contributed by atoms with Crippen LogP contribution >= 0.6 is 11.6 Å². The molecule has 2 N–H and O–H groups in total. The Morgan fingerprint density at radius 1 is 1.22 bits per heavy atom. The van der Waals surface area contributed by atoms with Crippen LogP contribution in [0, 0.1) is 5.82 Å². The van der Waals surface area contributed by atoms with Crippen molar-refractivity contribution in [3.8, 4) is 11.3 Å². The number of imidazole rings is 1. The third-order valence-corrected chi connectivity index (χ3v) is 2.94. The first-order valence-electron chi connectivity index (χ1n) is 5.34. The maximum atomic E-state index is 13.2. The number of hydrogen-bond donors (Lipinski definition) is 1. The second-order valence-corrected chi connectivity index (χ2v) is 4.37. The Morgan fingerprint density at radius 3 is 2.83 bits per heavy atom. The number of aromatic nitrogens is 2. The van der Waals surface area contributed by atoms with Crippen LogP contribution in [-0.2, 0) is 0 Å². The van der Waals surface area contributed by atoms with E-state index < -0.39 is 0 Å². The van der Waals surface area contributed by atoms with Gasteiger partial charge in [0.25, 0.3) is 0 Å². The van der Waals surface area contributed by atoms with Crippen LogP contribution in [0.15, 0.2) is 42.6 Å². The third-order valence-electron chi connectivity index (χ3n) is 2.72. The molecule has 0 atom stereocenters. The van der Waals surface area contributed by atoms with E-state index in [1.807, 2.05) is 0 Å². The number of pyridine rings is 1. The fourth-order valence-electron chi connectivity index (χ4n) is 1.89. The van der Waals surface area contributed by atoms with E-state index in [9.17, 15) is 4.39 Å². The Bertz CT molecular complexity index is 736. The summed E-state index contributed by atoms with van der Waals surface area (Å²) in [5.41, 5.74) is 7.88. The molecule has 5 heteroatoms. The predicted octanol–water partition coefficient (Wildman–Crippen LogP) is 3.38. The van der Waals surface area contributed by atoms with Gasteiger partial charge >= 0.3 is 0 Å². The van der Waals surface area contributed by atoms with Crippen molar-refractivity contribution < 1.29 is 4.39 Å². The van der Waals surface area contributed by atoms with Crippen molar-refractivity contribution in [2.24, 2.45) is 0 Å². The lowest BCUT2D eigenvalue weighted by atomic mass is 10.1. The highest BCUT2D eigenvalue weighted by Crippen LogP contribution is 2.27. The first kappa shape index (κ1) is 11.0. The maximum absolute atomic E-state index is 13.2. The van der Waals surface area contributed by atoms with Gasteiger partial charge in [-0.05, 0) is 24.3 Å². The summed E-state index contributed by atoms with van der Waals surface area (Å²) in [5, 5.41) is 0.567. The number of nitrogen functional groups attached to an aromatic ring is 1. The molecule has 1 aromatic carbocycles. The fraction of sp³-hybridized carbons (Fsp3) is 0. The second kappa shape index (κ2) is 3.99. The lowest BCUT2D eigenvalue weighted by Crippen LogP contribution is -1.94. The molecular weight excluding hydrogens is 253 g/mol. The van der Waals surface area contributed by atoms with Crippen LogP contribution in [0.2, 0.25) is 5.02 Å². The topological polar surface area (TPSA) is 43.3 Å². The molecule has 2 aromatic heterocycles. The summed E-state index contributed by atoms with van der Waals surface area (Å²) >= 11 is 5.91. The van der Waals surface area contributed by atoms with Crippen LogP contribution in [0.5, 0.6) is 0 Å². The molecule has 3 rings (SSSR count). The van der Waals surface area contributed by atoms with Gasteiger partial charge in [0.05, 0.1) is 5.02 Å². The van der Waals surface area contributed by atoms with Crippen LogP contribution in [0.4, 0.5) is 10.2 Å². The zero-order valence-corrected chi connectivity index (χ0v) is 10.0. The highest BCUT2D eigenvalue weighted by atomic mass is 35.5. The van der Waals surface area contributed by atoms with E-state index in [4.69, 9.17) is 17.3 Å². The van der Waals surface area contributed by atoms with E-state index in [1.165, 1.54) is 12.1 Å². The third kappa shape index (κ3) is 1.71. The van der Waals surface area contributed by atoms with Crippen molar-refractivity contribution in [1.29, 1.82) is 0 Å². The summed E-state index contributed by atoms with van der Waals surface area (Å²) in [6.07, 6.45) is 1.68. The van der Waals surface area contributed by atoms with Crippen molar-refractivity contribution in [2.45, 2.75) is 0 Å². The number of nitrogens with two attached hydrogens (primary N) is 1. The van der Waals surface area contributed by atoms with Gasteiger partial charge in [-0.15, -0.1) is 0 Å². The van der Waals surface area contributed by atoms with Gasteiger partial charge < -0.3 is 5.73 Å². The van der Waals surface area contributed by atoms with Gasteiger partial charge in [0.1, 0.15) is 23.0 Å². The summed E-state index contributed by atoms with van der Waals surface area (Å²) in [7, 11) is 0. The van der Waals surface area contributed by atoms with E-state index in [2.05, 4.69) is 4.98 Å². The molecule has 0 unspecified atom stereocenters. The number of halogens is 2. The van der Waals surface area contributed by atoms with Gasteiger partial charge in [0.15, 0.2) is 0 Å². The normalized spacial score (nSPS) is 11.0. The summed E-state index contributed by atoms with van der Waals surface area (Å²) in [5.74, 6) is 0.125. The minimum Gasteiger partial charge on any atom is -0.383 e. The first-order valence-corrected chi connectivity index (χ1v) is 5.72. The highest BCUT2D eigenvalue weighted by molar-refractivity contribution is 6.30. The Hall–Kier alpha value is -2.07. The van der Waals surface area contributed by atoms with Gasteiger partial charge in [0, 0.05) is 11.8 Å². The average molecular weight is 262 g/mol. The van der Waals surface area contributed by atoms with Crippen LogP contribution in [0.25, 0.3) is 16.9 Å². The summed E-state index contributed by atoms with van der Waals surface area (Å²) in [4.78, 5) is 4.38. The quantitative estimate of drug-likeness (QED) is 0.730. The van der Waals surface area contributed by atoms with Gasteiger partial charge in [-0.3, -0.25) is 4.40 Å². The van der Waals surface area contributed by atoms with Crippen molar-refractivity contribution in [3.63, 3.8) is 0 Å². The highest BCUT2D eigenvalue weighted by Gasteiger charge is 2.11. The second-order valence-electron chi connectivity index (χ2n) is 3.93. The molecule has 0 spiro atoms. The molecule has 3 aromatic rings. The largest absolute Gasteiger partial charge is 0.383 e. The molecular formula is C13H9ClFN3.